The summed E-state index contributed by atoms with van der Waals surface area (Å²) in [5.41, 5.74) is 1.44. The lowest BCUT2D eigenvalue weighted by Crippen LogP contribution is -2.34. The quantitative estimate of drug-likeness (QED) is 0.599. The van der Waals surface area contributed by atoms with Crippen molar-refractivity contribution < 1.29 is 14.3 Å². The first-order valence-electron chi connectivity index (χ1n) is 8.97. The van der Waals surface area contributed by atoms with E-state index in [0.29, 0.717) is 24.0 Å². The van der Waals surface area contributed by atoms with E-state index in [1.807, 2.05) is 19.1 Å². The van der Waals surface area contributed by atoms with E-state index >= 15 is 0 Å². The molecule has 0 radical (unpaired) electrons. The first-order valence-corrected chi connectivity index (χ1v) is 8.97. The molecule has 1 aliphatic rings. The Labute approximate surface area is 152 Å². The summed E-state index contributed by atoms with van der Waals surface area (Å²) in [5.74, 6) is 1.88. The summed E-state index contributed by atoms with van der Waals surface area (Å²) in [5, 5.41) is 14.2. The molecule has 0 spiro atoms. The number of aromatic nitrogens is 4. The molecule has 0 unspecified atom stereocenters. The lowest BCUT2D eigenvalue weighted by molar-refractivity contribution is 0.0600. The molecular formula is C18H25N5O3. The number of methoxy groups -OCH3 is 1. The highest BCUT2D eigenvalue weighted by atomic mass is 16.5. The number of nitrogens with zero attached hydrogens (tertiary/aromatic N) is 4. The third-order valence-corrected chi connectivity index (χ3v) is 4.86. The Balaban J connectivity index is 1.37. The van der Waals surface area contributed by atoms with Gasteiger partial charge >= 0.3 is 5.97 Å². The fraction of sp³-hybridized carbons (Fsp3) is 0.556. The van der Waals surface area contributed by atoms with Crippen LogP contribution in [0.2, 0.25) is 0 Å². The number of carbonyl (C=O) groups is 1. The molecule has 140 valence electrons. The van der Waals surface area contributed by atoms with Crippen LogP contribution < -0.4 is 9.64 Å². The maximum atomic E-state index is 11.6. The second-order valence-electron chi connectivity index (χ2n) is 6.60. The van der Waals surface area contributed by atoms with Crippen LogP contribution in [0.25, 0.3) is 0 Å². The number of hydrogen-bond donors (Lipinski definition) is 1. The standard InChI is InChI=1S/C18H25N5O3/c1-13-12-15(5-6-16(13)17(24)25-2)26-11-3-4-14-7-9-23(10-8-14)18-19-21-22-20-18/h5-6,12,14H,3-4,7-11H2,1-2H3,(H,19,20,21,22). The molecule has 0 atom stereocenters. The molecule has 1 aromatic heterocycles. The molecule has 0 aliphatic carbocycles. The van der Waals surface area contributed by atoms with E-state index in [1.54, 1.807) is 6.07 Å². The van der Waals surface area contributed by atoms with E-state index < -0.39 is 0 Å². The molecule has 26 heavy (non-hydrogen) atoms. The van der Waals surface area contributed by atoms with Crippen molar-refractivity contribution in [3.05, 3.63) is 29.3 Å². The van der Waals surface area contributed by atoms with E-state index in [4.69, 9.17) is 9.47 Å². The number of anilines is 1. The monoisotopic (exact) mass is 359 g/mol. The van der Waals surface area contributed by atoms with Gasteiger partial charge < -0.3 is 14.4 Å². The largest absolute Gasteiger partial charge is 0.494 e. The molecule has 0 saturated carbocycles. The smallest absolute Gasteiger partial charge is 0.338 e. The van der Waals surface area contributed by atoms with Crippen molar-refractivity contribution in [1.82, 2.24) is 20.6 Å². The number of piperidine rings is 1. The van der Waals surface area contributed by atoms with E-state index in [1.165, 1.54) is 7.11 Å². The third kappa shape index (κ3) is 4.50. The van der Waals surface area contributed by atoms with Crippen molar-refractivity contribution >= 4 is 11.9 Å². The first kappa shape index (κ1) is 18.2. The SMILES string of the molecule is COC(=O)c1ccc(OCCCC2CCN(c3nn[nH]n3)CC2)cc1C. The van der Waals surface area contributed by atoms with Gasteiger partial charge in [-0.2, -0.15) is 5.21 Å². The number of nitrogens with one attached hydrogen (secondary N) is 1. The van der Waals surface area contributed by atoms with Gasteiger partial charge in [0.15, 0.2) is 0 Å². The topological polar surface area (TPSA) is 93.2 Å². The normalized spacial score (nSPS) is 15.1. The molecule has 0 bridgehead atoms. The molecule has 8 nitrogen and oxygen atoms in total. The molecule has 0 amide bonds. The minimum absolute atomic E-state index is 0.318. The number of benzene rings is 1. The summed E-state index contributed by atoms with van der Waals surface area (Å²) in [4.78, 5) is 13.8. The Kier molecular flexibility index (Phi) is 6.04. The minimum atomic E-state index is -0.318. The van der Waals surface area contributed by atoms with E-state index in [2.05, 4.69) is 25.5 Å². The van der Waals surface area contributed by atoms with Crippen molar-refractivity contribution in [3.8, 4) is 5.75 Å². The average molecular weight is 359 g/mol. The maximum Gasteiger partial charge on any atom is 0.338 e. The van der Waals surface area contributed by atoms with Gasteiger partial charge in [0, 0.05) is 13.1 Å². The lowest BCUT2D eigenvalue weighted by atomic mass is 9.92. The Morgan fingerprint density at radius 1 is 1.35 bits per heavy atom. The fourth-order valence-electron chi connectivity index (χ4n) is 3.34. The van der Waals surface area contributed by atoms with Crippen molar-refractivity contribution in [2.24, 2.45) is 5.92 Å². The summed E-state index contributed by atoms with van der Waals surface area (Å²) in [6.07, 6.45) is 4.45. The van der Waals surface area contributed by atoms with Crippen LogP contribution >= 0.6 is 0 Å². The van der Waals surface area contributed by atoms with Gasteiger partial charge in [-0.25, -0.2) is 4.79 Å². The van der Waals surface area contributed by atoms with Gasteiger partial charge in [0.2, 0.25) is 0 Å². The first-order chi connectivity index (χ1) is 12.7. The zero-order valence-electron chi connectivity index (χ0n) is 15.3. The van der Waals surface area contributed by atoms with Crippen LogP contribution in [0.3, 0.4) is 0 Å². The van der Waals surface area contributed by atoms with Gasteiger partial charge in [-0.1, -0.05) is 5.10 Å². The van der Waals surface area contributed by atoms with Crippen molar-refractivity contribution in [3.63, 3.8) is 0 Å². The zero-order valence-corrected chi connectivity index (χ0v) is 15.3. The molecule has 3 rings (SSSR count). The highest BCUT2D eigenvalue weighted by molar-refractivity contribution is 5.91. The predicted molar refractivity (Wildman–Crippen MR) is 96.4 cm³/mol. The second kappa shape index (κ2) is 8.64. The zero-order chi connectivity index (χ0) is 18.4. The number of ether oxygens (including phenoxy) is 2. The highest BCUT2D eigenvalue weighted by Crippen LogP contribution is 2.24. The molecule has 1 fully saturated rings. The number of esters is 1. The van der Waals surface area contributed by atoms with Crippen LogP contribution in [-0.4, -0.2) is 53.4 Å². The van der Waals surface area contributed by atoms with E-state index in [-0.39, 0.29) is 5.97 Å². The number of tetrazole rings is 1. The molecule has 1 N–H and O–H groups in total. The Hall–Kier alpha value is -2.64. The molecule has 1 aliphatic heterocycles. The summed E-state index contributed by atoms with van der Waals surface area (Å²) >= 11 is 0. The molecule has 1 saturated heterocycles. The Bertz CT molecular complexity index is 712. The summed E-state index contributed by atoms with van der Waals surface area (Å²) in [6, 6.07) is 5.46. The van der Waals surface area contributed by atoms with Crippen LogP contribution in [-0.2, 0) is 4.74 Å². The number of rotatable bonds is 7. The highest BCUT2D eigenvalue weighted by Gasteiger charge is 2.21. The van der Waals surface area contributed by atoms with Gasteiger partial charge in [-0.3, -0.25) is 0 Å². The van der Waals surface area contributed by atoms with E-state index in [9.17, 15) is 4.79 Å². The molecule has 1 aromatic carbocycles. The minimum Gasteiger partial charge on any atom is -0.494 e. The number of hydrogen-bond acceptors (Lipinski definition) is 7. The van der Waals surface area contributed by atoms with Crippen LogP contribution in [0.1, 0.15) is 41.6 Å². The van der Waals surface area contributed by atoms with E-state index in [0.717, 1.165) is 50.1 Å². The lowest BCUT2D eigenvalue weighted by Gasteiger charge is -2.30. The van der Waals surface area contributed by atoms with Gasteiger partial charge in [-0.05, 0) is 67.5 Å². The molecular weight excluding hydrogens is 334 g/mol. The maximum absolute atomic E-state index is 11.6. The summed E-state index contributed by atoms with van der Waals surface area (Å²) < 4.78 is 10.6. The predicted octanol–water partition coefficient (Wildman–Crippen LogP) is 2.37. The van der Waals surface area contributed by atoms with Crippen LogP contribution in [0.5, 0.6) is 5.75 Å². The van der Waals surface area contributed by atoms with Crippen LogP contribution in [0.4, 0.5) is 5.95 Å². The van der Waals surface area contributed by atoms with Crippen molar-refractivity contribution in [2.75, 3.05) is 31.7 Å². The Morgan fingerprint density at radius 2 is 2.15 bits per heavy atom. The second-order valence-corrected chi connectivity index (χ2v) is 6.60. The van der Waals surface area contributed by atoms with Gasteiger partial charge in [0.25, 0.3) is 5.95 Å². The van der Waals surface area contributed by atoms with Crippen molar-refractivity contribution in [1.29, 1.82) is 0 Å². The molecule has 8 heteroatoms. The summed E-state index contributed by atoms with van der Waals surface area (Å²) in [6.45, 7) is 4.51. The molecule has 2 aromatic rings. The number of H-pyrrole nitrogens is 1. The summed E-state index contributed by atoms with van der Waals surface area (Å²) in [7, 11) is 1.39. The third-order valence-electron chi connectivity index (χ3n) is 4.86. The Morgan fingerprint density at radius 3 is 2.81 bits per heavy atom. The van der Waals surface area contributed by atoms with Crippen LogP contribution in [0.15, 0.2) is 18.2 Å². The van der Waals surface area contributed by atoms with Gasteiger partial charge in [-0.15, -0.1) is 5.10 Å². The number of aryl methyl sites for hydroxylation is 1. The van der Waals surface area contributed by atoms with Crippen LogP contribution in [0, 0.1) is 12.8 Å². The fourth-order valence-corrected chi connectivity index (χ4v) is 3.34. The van der Waals surface area contributed by atoms with Crippen molar-refractivity contribution in [2.45, 2.75) is 32.6 Å². The van der Waals surface area contributed by atoms with Gasteiger partial charge in [0.1, 0.15) is 5.75 Å². The molecule has 2 heterocycles. The average Bonchev–Trinajstić information content (AvgIpc) is 3.20. The number of aromatic amines is 1. The van der Waals surface area contributed by atoms with Gasteiger partial charge in [0.05, 0.1) is 19.3 Å². The number of carbonyl (C=O) groups excluding carboxylic acids is 1.